The Hall–Kier alpha value is -0.930. The molecule has 0 atom stereocenters. The van der Waals surface area contributed by atoms with Gasteiger partial charge in [-0.15, -0.1) is 11.3 Å². The van der Waals surface area contributed by atoms with E-state index in [1.807, 2.05) is 24.3 Å². The number of halogens is 1. The van der Waals surface area contributed by atoms with Crippen LogP contribution in [-0.4, -0.2) is 5.78 Å². The number of rotatable bonds is 4. The Morgan fingerprint density at radius 3 is 2.65 bits per heavy atom. The van der Waals surface area contributed by atoms with Crippen molar-refractivity contribution in [1.82, 2.24) is 0 Å². The first-order valence-electron chi connectivity index (χ1n) is 5.55. The minimum atomic E-state index is 0.177. The Kier molecular flexibility index (Phi) is 4.13. The summed E-state index contributed by atoms with van der Waals surface area (Å²) in [5, 5.41) is 0. The van der Waals surface area contributed by atoms with Gasteiger partial charge in [0.1, 0.15) is 0 Å². The Balaban J connectivity index is 2.11. The lowest BCUT2D eigenvalue weighted by molar-refractivity contribution is 0.0994. The molecule has 1 heterocycles. The zero-order valence-corrected chi connectivity index (χ0v) is 12.0. The van der Waals surface area contributed by atoms with Gasteiger partial charge in [0.2, 0.25) is 0 Å². The van der Waals surface area contributed by atoms with Crippen molar-refractivity contribution in [2.24, 2.45) is 0 Å². The maximum atomic E-state index is 12.0. The van der Waals surface area contributed by atoms with Gasteiger partial charge in [-0.25, -0.2) is 0 Å². The van der Waals surface area contributed by atoms with Crippen molar-refractivity contribution >= 4 is 33.0 Å². The van der Waals surface area contributed by atoms with Crippen LogP contribution < -0.4 is 0 Å². The molecule has 0 bridgehead atoms. The molecule has 17 heavy (non-hydrogen) atoms. The smallest absolute Gasteiger partial charge is 0.168 e. The minimum absolute atomic E-state index is 0.177. The normalized spacial score (nSPS) is 10.5. The molecule has 0 N–H and O–H groups in total. The number of hydrogen-bond acceptors (Lipinski definition) is 2. The molecule has 0 spiro atoms. The van der Waals surface area contributed by atoms with Crippen LogP contribution in [0.2, 0.25) is 0 Å². The fraction of sp³-hybridized carbons (Fsp3) is 0.214. The Morgan fingerprint density at radius 1 is 1.24 bits per heavy atom. The molecule has 88 valence electrons. The van der Waals surface area contributed by atoms with E-state index in [-0.39, 0.29) is 5.78 Å². The predicted octanol–water partition coefficient (Wildman–Crippen LogP) is 4.50. The average Bonchev–Trinajstić information content (AvgIpc) is 2.77. The van der Waals surface area contributed by atoms with Crippen LogP contribution in [0.3, 0.4) is 0 Å². The van der Waals surface area contributed by atoms with Crippen LogP contribution in [0.1, 0.15) is 27.0 Å². The summed E-state index contributed by atoms with van der Waals surface area (Å²) in [6.07, 6.45) is 1.54. The molecular formula is C14H13BrOS. The quantitative estimate of drug-likeness (QED) is 0.760. The van der Waals surface area contributed by atoms with Crippen LogP contribution in [0.5, 0.6) is 0 Å². The van der Waals surface area contributed by atoms with Crippen molar-refractivity contribution in [1.29, 1.82) is 0 Å². The second-order valence-electron chi connectivity index (χ2n) is 3.83. The van der Waals surface area contributed by atoms with Crippen molar-refractivity contribution in [2.45, 2.75) is 19.8 Å². The second-order valence-corrected chi connectivity index (χ2v) is 6.00. The summed E-state index contributed by atoms with van der Waals surface area (Å²) in [6, 6.07) is 11.7. The highest BCUT2D eigenvalue weighted by Crippen LogP contribution is 2.20. The Labute approximate surface area is 114 Å². The van der Waals surface area contributed by atoms with Crippen LogP contribution in [0, 0.1) is 0 Å². The maximum absolute atomic E-state index is 12.0. The van der Waals surface area contributed by atoms with E-state index in [0.717, 1.165) is 21.3 Å². The molecule has 0 radical (unpaired) electrons. The molecule has 0 unspecified atom stereocenters. The molecule has 0 fully saturated rings. The molecule has 2 aromatic rings. The molecule has 2 rings (SSSR count). The van der Waals surface area contributed by atoms with E-state index >= 15 is 0 Å². The van der Waals surface area contributed by atoms with Crippen LogP contribution in [0.4, 0.5) is 0 Å². The standard InChI is InChI=1S/C14H13BrOS/c1-2-12-6-7-13(17-12)9-14(16)10-4-3-5-11(15)8-10/h3-8H,2,9H2,1H3. The van der Waals surface area contributed by atoms with Crippen LogP contribution in [-0.2, 0) is 12.8 Å². The van der Waals surface area contributed by atoms with E-state index in [9.17, 15) is 4.79 Å². The van der Waals surface area contributed by atoms with E-state index in [1.165, 1.54) is 4.88 Å². The summed E-state index contributed by atoms with van der Waals surface area (Å²) < 4.78 is 0.948. The summed E-state index contributed by atoms with van der Waals surface area (Å²) in [4.78, 5) is 14.5. The topological polar surface area (TPSA) is 17.1 Å². The Morgan fingerprint density at radius 2 is 2.00 bits per heavy atom. The van der Waals surface area contributed by atoms with Gasteiger partial charge in [0.25, 0.3) is 0 Å². The van der Waals surface area contributed by atoms with Gasteiger partial charge in [-0.2, -0.15) is 0 Å². The van der Waals surface area contributed by atoms with Gasteiger partial charge in [-0.3, -0.25) is 4.79 Å². The Bertz CT molecular complexity index is 531. The lowest BCUT2D eigenvalue weighted by Gasteiger charge is -1.99. The number of hydrogen-bond donors (Lipinski definition) is 0. The molecule has 0 aliphatic carbocycles. The van der Waals surface area contributed by atoms with E-state index in [4.69, 9.17) is 0 Å². The molecule has 0 saturated carbocycles. The van der Waals surface area contributed by atoms with Gasteiger partial charge in [-0.1, -0.05) is 35.0 Å². The monoisotopic (exact) mass is 308 g/mol. The van der Waals surface area contributed by atoms with Crippen molar-refractivity contribution in [3.8, 4) is 0 Å². The second kappa shape index (κ2) is 5.61. The van der Waals surface area contributed by atoms with Crippen molar-refractivity contribution in [2.75, 3.05) is 0 Å². The fourth-order valence-corrected chi connectivity index (χ4v) is 2.99. The number of Topliss-reactive ketones (excluding diaryl/α,β-unsaturated/α-hetero) is 1. The zero-order valence-electron chi connectivity index (χ0n) is 9.57. The molecule has 0 saturated heterocycles. The molecular weight excluding hydrogens is 296 g/mol. The van der Waals surface area contributed by atoms with Gasteiger partial charge >= 0.3 is 0 Å². The fourth-order valence-electron chi connectivity index (χ4n) is 1.63. The van der Waals surface area contributed by atoms with E-state index in [0.29, 0.717) is 6.42 Å². The third kappa shape index (κ3) is 3.27. The average molecular weight is 309 g/mol. The third-order valence-electron chi connectivity index (χ3n) is 2.55. The molecule has 0 aliphatic heterocycles. The maximum Gasteiger partial charge on any atom is 0.168 e. The SMILES string of the molecule is CCc1ccc(CC(=O)c2cccc(Br)c2)s1. The number of ketones is 1. The van der Waals surface area contributed by atoms with Crippen molar-refractivity contribution < 1.29 is 4.79 Å². The first-order chi connectivity index (χ1) is 8.19. The van der Waals surface area contributed by atoms with Crippen LogP contribution >= 0.6 is 27.3 Å². The summed E-state index contributed by atoms with van der Waals surface area (Å²) in [5.41, 5.74) is 0.769. The van der Waals surface area contributed by atoms with E-state index in [2.05, 4.69) is 35.0 Å². The van der Waals surface area contributed by atoms with Gasteiger partial charge in [0.15, 0.2) is 5.78 Å². The molecule has 0 amide bonds. The summed E-state index contributed by atoms with van der Waals surface area (Å²) in [7, 11) is 0. The van der Waals surface area contributed by atoms with Gasteiger partial charge in [-0.05, 0) is 30.7 Å². The van der Waals surface area contributed by atoms with Crippen molar-refractivity contribution in [3.63, 3.8) is 0 Å². The highest BCUT2D eigenvalue weighted by atomic mass is 79.9. The summed E-state index contributed by atoms with van der Waals surface area (Å²) >= 11 is 5.11. The summed E-state index contributed by atoms with van der Waals surface area (Å²) in [5.74, 6) is 0.177. The first kappa shape index (κ1) is 12.5. The van der Waals surface area contributed by atoms with Crippen LogP contribution in [0.15, 0.2) is 40.9 Å². The zero-order chi connectivity index (χ0) is 12.3. The summed E-state index contributed by atoms with van der Waals surface area (Å²) in [6.45, 7) is 2.13. The predicted molar refractivity (Wildman–Crippen MR) is 75.9 cm³/mol. The number of carbonyl (C=O) groups excluding carboxylic acids is 1. The number of carbonyl (C=O) groups is 1. The lowest BCUT2D eigenvalue weighted by Crippen LogP contribution is -2.01. The van der Waals surface area contributed by atoms with E-state index in [1.54, 1.807) is 11.3 Å². The van der Waals surface area contributed by atoms with Gasteiger partial charge in [0.05, 0.1) is 0 Å². The number of benzene rings is 1. The minimum Gasteiger partial charge on any atom is -0.294 e. The van der Waals surface area contributed by atoms with Crippen LogP contribution in [0.25, 0.3) is 0 Å². The van der Waals surface area contributed by atoms with Crippen molar-refractivity contribution in [3.05, 3.63) is 56.2 Å². The van der Waals surface area contributed by atoms with Gasteiger partial charge in [0, 0.05) is 26.2 Å². The van der Waals surface area contributed by atoms with Gasteiger partial charge < -0.3 is 0 Å². The number of thiophene rings is 1. The molecule has 0 aliphatic rings. The molecule has 3 heteroatoms. The largest absolute Gasteiger partial charge is 0.294 e. The first-order valence-corrected chi connectivity index (χ1v) is 7.16. The molecule has 1 aromatic heterocycles. The highest BCUT2D eigenvalue weighted by Gasteiger charge is 2.09. The highest BCUT2D eigenvalue weighted by molar-refractivity contribution is 9.10. The number of aryl methyl sites for hydroxylation is 1. The molecule has 1 nitrogen and oxygen atoms in total. The lowest BCUT2D eigenvalue weighted by atomic mass is 10.1. The van der Waals surface area contributed by atoms with E-state index < -0.39 is 0 Å². The third-order valence-corrected chi connectivity index (χ3v) is 4.27. The molecule has 1 aromatic carbocycles.